The molecule has 0 unspecified atom stereocenters. The third-order valence-corrected chi connectivity index (χ3v) is 3.95. The number of nitrogens with one attached hydrogen (secondary N) is 1. The maximum atomic E-state index is 12.6. The van der Waals surface area contributed by atoms with Gasteiger partial charge in [-0.1, -0.05) is 12.1 Å². The summed E-state index contributed by atoms with van der Waals surface area (Å²) < 4.78 is 63.9. The first-order valence-electron chi connectivity index (χ1n) is 5.67. The van der Waals surface area contributed by atoms with Crippen molar-refractivity contribution in [1.82, 2.24) is 0 Å². The standard InChI is InChI=1S/C13H10F3NO3S/c14-13(15,16)9-3-1-6-12(7-9)21(19,20)17-10-4-2-5-11(18)8-10/h1-8,17-18H. The number of rotatable bonds is 3. The minimum Gasteiger partial charge on any atom is -0.508 e. The van der Waals surface area contributed by atoms with E-state index in [0.717, 1.165) is 24.3 Å². The van der Waals surface area contributed by atoms with Crippen LogP contribution in [0.5, 0.6) is 5.75 Å². The van der Waals surface area contributed by atoms with Crippen LogP contribution in [0.15, 0.2) is 53.4 Å². The molecule has 0 aliphatic heterocycles. The molecule has 0 aliphatic rings. The van der Waals surface area contributed by atoms with Crippen LogP contribution in [0.25, 0.3) is 0 Å². The first-order valence-corrected chi connectivity index (χ1v) is 7.16. The van der Waals surface area contributed by atoms with E-state index < -0.39 is 26.7 Å². The fourth-order valence-electron chi connectivity index (χ4n) is 1.62. The largest absolute Gasteiger partial charge is 0.508 e. The highest BCUT2D eigenvalue weighted by Crippen LogP contribution is 2.31. The summed E-state index contributed by atoms with van der Waals surface area (Å²) in [7, 11) is -4.17. The molecule has 2 aromatic rings. The lowest BCUT2D eigenvalue weighted by Crippen LogP contribution is -2.14. The van der Waals surface area contributed by atoms with Crippen LogP contribution in [0, 0.1) is 0 Å². The van der Waals surface area contributed by atoms with Crippen LogP contribution in [-0.2, 0) is 16.2 Å². The van der Waals surface area contributed by atoms with E-state index in [1.54, 1.807) is 0 Å². The normalized spacial score (nSPS) is 12.1. The third kappa shape index (κ3) is 3.66. The highest BCUT2D eigenvalue weighted by Gasteiger charge is 2.31. The smallest absolute Gasteiger partial charge is 0.416 e. The molecule has 0 atom stereocenters. The summed E-state index contributed by atoms with van der Waals surface area (Å²) in [5.41, 5.74) is -1.01. The highest BCUT2D eigenvalue weighted by molar-refractivity contribution is 7.92. The van der Waals surface area contributed by atoms with Gasteiger partial charge in [-0.05, 0) is 30.3 Å². The van der Waals surface area contributed by atoms with Crippen molar-refractivity contribution in [3.8, 4) is 5.75 Å². The number of phenolic OH excluding ortho intramolecular Hbond substituents is 1. The maximum absolute atomic E-state index is 12.6. The average molecular weight is 317 g/mol. The molecule has 0 radical (unpaired) electrons. The Morgan fingerprint density at radius 2 is 1.67 bits per heavy atom. The van der Waals surface area contributed by atoms with Crippen LogP contribution in [0.3, 0.4) is 0 Å². The minimum atomic E-state index is -4.63. The van der Waals surface area contributed by atoms with Gasteiger partial charge in [0.05, 0.1) is 16.1 Å². The van der Waals surface area contributed by atoms with Gasteiger partial charge in [0.2, 0.25) is 0 Å². The first-order chi connectivity index (χ1) is 9.68. The van der Waals surface area contributed by atoms with Gasteiger partial charge < -0.3 is 5.11 Å². The van der Waals surface area contributed by atoms with Gasteiger partial charge >= 0.3 is 6.18 Å². The number of benzene rings is 2. The van der Waals surface area contributed by atoms with Crippen LogP contribution in [-0.4, -0.2) is 13.5 Å². The summed E-state index contributed by atoms with van der Waals surface area (Å²) in [4.78, 5) is -0.513. The van der Waals surface area contributed by atoms with Crippen molar-refractivity contribution in [1.29, 1.82) is 0 Å². The molecule has 0 saturated carbocycles. The molecule has 112 valence electrons. The number of sulfonamides is 1. The molecule has 2 N–H and O–H groups in total. The first kappa shape index (κ1) is 15.2. The summed E-state index contributed by atoms with van der Waals surface area (Å²) >= 11 is 0. The number of anilines is 1. The van der Waals surface area contributed by atoms with E-state index >= 15 is 0 Å². The molecule has 2 rings (SSSR count). The molecule has 4 nitrogen and oxygen atoms in total. The summed E-state index contributed by atoms with van der Waals surface area (Å²) in [5, 5.41) is 9.25. The Hall–Kier alpha value is -2.22. The van der Waals surface area contributed by atoms with Gasteiger partial charge in [0.25, 0.3) is 10.0 Å². The van der Waals surface area contributed by atoms with Crippen LogP contribution >= 0.6 is 0 Å². The summed E-state index contributed by atoms with van der Waals surface area (Å²) in [6.07, 6.45) is -4.63. The molecular formula is C13H10F3NO3S. The van der Waals surface area contributed by atoms with Gasteiger partial charge in [-0.15, -0.1) is 0 Å². The number of phenols is 1. The SMILES string of the molecule is O=S(=O)(Nc1cccc(O)c1)c1cccc(C(F)(F)F)c1. The van der Waals surface area contributed by atoms with E-state index in [1.165, 1.54) is 18.2 Å². The molecule has 21 heavy (non-hydrogen) atoms. The van der Waals surface area contributed by atoms with E-state index in [9.17, 15) is 26.7 Å². The zero-order valence-corrected chi connectivity index (χ0v) is 11.2. The molecule has 0 fully saturated rings. The molecular weight excluding hydrogens is 307 g/mol. The zero-order valence-electron chi connectivity index (χ0n) is 10.4. The van der Waals surface area contributed by atoms with E-state index in [1.807, 2.05) is 0 Å². The number of halogens is 3. The average Bonchev–Trinajstić information content (AvgIpc) is 2.37. The van der Waals surface area contributed by atoms with Crippen molar-refractivity contribution >= 4 is 15.7 Å². The highest BCUT2D eigenvalue weighted by atomic mass is 32.2. The van der Waals surface area contributed by atoms with Crippen LogP contribution < -0.4 is 4.72 Å². The Balaban J connectivity index is 2.36. The molecule has 0 heterocycles. The van der Waals surface area contributed by atoms with Crippen molar-refractivity contribution in [2.75, 3.05) is 4.72 Å². The number of aromatic hydroxyl groups is 1. The van der Waals surface area contributed by atoms with Crippen molar-refractivity contribution in [3.63, 3.8) is 0 Å². The lowest BCUT2D eigenvalue weighted by molar-refractivity contribution is -0.137. The summed E-state index contributed by atoms with van der Waals surface area (Å²) in [6.45, 7) is 0. The van der Waals surface area contributed by atoms with E-state index in [2.05, 4.69) is 4.72 Å². The Kier molecular flexibility index (Phi) is 3.82. The zero-order chi connectivity index (χ0) is 15.7. The van der Waals surface area contributed by atoms with Crippen LogP contribution in [0.2, 0.25) is 0 Å². The third-order valence-electron chi connectivity index (χ3n) is 2.57. The van der Waals surface area contributed by atoms with Crippen LogP contribution in [0.4, 0.5) is 18.9 Å². The maximum Gasteiger partial charge on any atom is 0.416 e. The van der Waals surface area contributed by atoms with Gasteiger partial charge in [0, 0.05) is 6.07 Å². The van der Waals surface area contributed by atoms with Gasteiger partial charge in [0.15, 0.2) is 0 Å². The topological polar surface area (TPSA) is 66.4 Å². The van der Waals surface area contributed by atoms with Gasteiger partial charge in [-0.3, -0.25) is 4.72 Å². The quantitative estimate of drug-likeness (QED) is 0.913. The second-order valence-corrected chi connectivity index (χ2v) is 5.86. The Morgan fingerprint density at radius 1 is 1.00 bits per heavy atom. The van der Waals surface area contributed by atoms with Crippen molar-refractivity contribution in [2.24, 2.45) is 0 Å². The molecule has 0 aliphatic carbocycles. The van der Waals surface area contributed by atoms with Crippen LogP contribution in [0.1, 0.15) is 5.56 Å². The Morgan fingerprint density at radius 3 is 2.29 bits per heavy atom. The van der Waals surface area contributed by atoms with Gasteiger partial charge in [-0.2, -0.15) is 13.2 Å². The fraction of sp³-hybridized carbons (Fsp3) is 0.0769. The van der Waals surface area contributed by atoms with E-state index in [0.29, 0.717) is 6.07 Å². The van der Waals surface area contributed by atoms with Gasteiger partial charge in [-0.25, -0.2) is 8.42 Å². The number of hydrogen-bond acceptors (Lipinski definition) is 3. The molecule has 0 spiro atoms. The second kappa shape index (κ2) is 5.28. The molecule has 0 amide bonds. The second-order valence-electron chi connectivity index (χ2n) is 4.18. The van der Waals surface area contributed by atoms with E-state index in [4.69, 9.17) is 0 Å². The predicted octanol–water partition coefficient (Wildman–Crippen LogP) is 3.21. The molecule has 0 saturated heterocycles. The lowest BCUT2D eigenvalue weighted by atomic mass is 10.2. The Bertz CT molecular complexity index is 757. The monoisotopic (exact) mass is 317 g/mol. The predicted molar refractivity (Wildman–Crippen MR) is 70.4 cm³/mol. The van der Waals surface area contributed by atoms with Crippen molar-refractivity contribution < 1.29 is 26.7 Å². The molecule has 8 heteroatoms. The number of alkyl halides is 3. The minimum absolute atomic E-state index is 0.0485. The molecule has 0 aromatic heterocycles. The lowest BCUT2D eigenvalue weighted by Gasteiger charge is -2.11. The van der Waals surface area contributed by atoms with Gasteiger partial charge in [0.1, 0.15) is 5.75 Å². The van der Waals surface area contributed by atoms with Crippen molar-refractivity contribution in [2.45, 2.75) is 11.1 Å². The molecule has 0 bridgehead atoms. The molecule has 2 aromatic carbocycles. The Labute approximate surface area is 118 Å². The fourth-order valence-corrected chi connectivity index (χ4v) is 2.72. The van der Waals surface area contributed by atoms with E-state index in [-0.39, 0.29) is 11.4 Å². The van der Waals surface area contributed by atoms with Crippen molar-refractivity contribution in [3.05, 3.63) is 54.1 Å². The number of hydrogen-bond donors (Lipinski definition) is 2. The summed E-state index contributed by atoms with van der Waals surface area (Å²) in [6, 6.07) is 8.65. The summed E-state index contributed by atoms with van der Waals surface area (Å²) in [5.74, 6) is -0.167.